The van der Waals surface area contributed by atoms with Crippen LogP contribution < -0.4 is 0 Å². The maximum atomic E-state index is 14.3. The number of alkyl halides is 6. The van der Waals surface area contributed by atoms with Crippen molar-refractivity contribution in [2.75, 3.05) is 6.54 Å². The van der Waals surface area contributed by atoms with E-state index in [0.717, 1.165) is 24.6 Å². The molecule has 1 saturated heterocycles. The van der Waals surface area contributed by atoms with Crippen molar-refractivity contribution in [3.63, 3.8) is 0 Å². The number of allylic oxidation sites excluding steroid dienone is 4. The number of carbonyl (C=O) groups is 1. The lowest BCUT2D eigenvalue weighted by Crippen LogP contribution is -2.57. The van der Waals surface area contributed by atoms with E-state index in [-0.39, 0.29) is 65.8 Å². The second-order valence-electron chi connectivity index (χ2n) is 13.3. The van der Waals surface area contributed by atoms with E-state index in [1.54, 1.807) is 17.1 Å². The van der Waals surface area contributed by atoms with Crippen LogP contribution in [0.2, 0.25) is 0 Å². The van der Waals surface area contributed by atoms with E-state index in [0.29, 0.717) is 36.9 Å². The summed E-state index contributed by atoms with van der Waals surface area (Å²) >= 11 is 0. The van der Waals surface area contributed by atoms with Crippen molar-refractivity contribution in [1.29, 1.82) is 0 Å². The molecule has 5 nitrogen and oxygen atoms in total. The summed E-state index contributed by atoms with van der Waals surface area (Å²) in [7, 11) is 0. The summed E-state index contributed by atoms with van der Waals surface area (Å²) in [6, 6.07) is 9.04. The molecule has 3 aliphatic heterocycles. The van der Waals surface area contributed by atoms with Gasteiger partial charge in [0.05, 0.1) is 34.6 Å². The van der Waals surface area contributed by atoms with Gasteiger partial charge in [0, 0.05) is 29.8 Å². The number of halogens is 7. The molecule has 3 heterocycles. The van der Waals surface area contributed by atoms with Crippen LogP contribution in [-0.2, 0) is 23.9 Å². The van der Waals surface area contributed by atoms with Gasteiger partial charge in [0.25, 0.3) is 0 Å². The van der Waals surface area contributed by atoms with Gasteiger partial charge in [0.2, 0.25) is 0 Å². The van der Waals surface area contributed by atoms with Gasteiger partial charge >= 0.3 is 12.4 Å². The van der Waals surface area contributed by atoms with Crippen LogP contribution in [0, 0.1) is 17.7 Å². The molecular weight excluding hydrogens is 651 g/mol. The number of aliphatic imine (C=N–C) groups is 1. The first kappa shape index (κ1) is 34.7. The molecule has 6 rings (SSSR count). The Bertz CT molecular complexity index is 1790. The molecule has 3 atom stereocenters. The number of nitrogens with zero attached hydrogens (tertiary/aromatic N) is 3. The van der Waals surface area contributed by atoms with E-state index >= 15 is 0 Å². The third-order valence-corrected chi connectivity index (χ3v) is 10.2. The quantitative estimate of drug-likeness (QED) is 0.295. The minimum absolute atomic E-state index is 0.0756. The Morgan fingerprint density at radius 1 is 1.08 bits per heavy atom. The lowest BCUT2D eigenvalue weighted by atomic mass is 9.66. The third kappa shape index (κ3) is 6.71. The van der Waals surface area contributed by atoms with Gasteiger partial charge in [0.1, 0.15) is 11.6 Å². The average molecular weight is 688 g/mol. The molecule has 1 aliphatic carbocycles. The zero-order valence-corrected chi connectivity index (χ0v) is 26.8. The first-order valence-corrected chi connectivity index (χ1v) is 16.3. The van der Waals surface area contributed by atoms with Crippen LogP contribution in [0.1, 0.15) is 67.7 Å². The highest BCUT2D eigenvalue weighted by Gasteiger charge is 2.52. The lowest BCUT2D eigenvalue weighted by molar-refractivity contribution is -0.137. The summed E-state index contributed by atoms with van der Waals surface area (Å²) in [5, 5.41) is 15.4. The first-order valence-electron chi connectivity index (χ1n) is 16.3. The number of hydrogen-bond acceptors (Lipinski definition) is 5. The van der Waals surface area contributed by atoms with E-state index < -0.39 is 40.8 Å². The van der Waals surface area contributed by atoms with Crippen molar-refractivity contribution in [3.05, 3.63) is 118 Å². The monoisotopic (exact) mass is 687 g/mol. The predicted octanol–water partition coefficient (Wildman–Crippen LogP) is 9.18. The predicted molar refractivity (Wildman–Crippen MR) is 171 cm³/mol. The molecule has 0 aromatic heterocycles. The number of rotatable bonds is 7. The maximum absolute atomic E-state index is 14.3. The fourth-order valence-corrected chi connectivity index (χ4v) is 7.39. The van der Waals surface area contributed by atoms with Crippen molar-refractivity contribution in [2.24, 2.45) is 16.8 Å². The van der Waals surface area contributed by atoms with E-state index in [9.17, 15) is 40.6 Å². The maximum Gasteiger partial charge on any atom is 0.416 e. The van der Waals surface area contributed by atoms with Gasteiger partial charge in [-0.15, -0.1) is 0 Å². The highest BCUT2D eigenvalue weighted by molar-refractivity contribution is 6.10. The topological polar surface area (TPSA) is 56.1 Å². The molecule has 260 valence electrons. The van der Waals surface area contributed by atoms with Crippen LogP contribution in [0.25, 0.3) is 0 Å². The van der Waals surface area contributed by atoms with Crippen LogP contribution in [-0.4, -0.2) is 44.9 Å². The minimum Gasteiger partial charge on any atom is -0.509 e. The Hall–Kier alpha value is -4.19. The third-order valence-electron chi connectivity index (χ3n) is 10.2. The molecular formula is C37H36F7N3O2. The summed E-state index contributed by atoms with van der Waals surface area (Å²) < 4.78 is 97.0. The fourth-order valence-electron chi connectivity index (χ4n) is 7.39. The number of fused-ring (bicyclic) bond motifs is 1. The number of benzene rings is 2. The number of Topliss-reactive ketones (excluding diaryl/α,β-unsaturated/α-hetero) is 1. The molecule has 4 aliphatic rings. The molecule has 1 N–H and O–H groups in total. The number of aliphatic hydroxyl groups excluding tert-OH is 1. The first-order chi connectivity index (χ1) is 23.1. The molecule has 2 aromatic carbocycles. The molecule has 1 saturated carbocycles. The Morgan fingerprint density at radius 3 is 2.53 bits per heavy atom. The number of carbonyl (C=O) groups excluding carboxylic acids is 1. The van der Waals surface area contributed by atoms with Gasteiger partial charge in [-0.2, -0.15) is 26.3 Å². The number of hydrazine groups is 1. The smallest absolute Gasteiger partial charge is 0.416 e. The SMILES string of the molecule is C=C1C(C(=O)C2CCC2Cc2ccc(C(F)(F)F)cc2C2=N/C=C\CCC(C(F)(F)F)=C2)=C(O)C2(C)CCCN2N1Cc1cccc(F)c1. The molecule has 0 spiro atoms. The van der Waals surface area contributed by atoms with Gasteiger partial charge < -0.3 is 10.1 Å². The molecule has 2 aromatic rings. The number of ketones is 1. The fraction of sp³-hybridized carbons (Fsp3) is 0.405. The van der Waals surface area contributed by atoms with Crippen LogP contribution in [0.3, 0.4) is 0 Å². The molecule has 3 unspecified atom stereocenters. The summed E-state index contributed by atoms with van der Waals surface area (Å²) in [6.07, 6.45) is -3.75. The van der Waals surface area contributed by atoms with Crippen LogP contribution in [0.15, 0.2) is 95.0 Å². The van der Waals surface area contributed by atoms with Gasteiger partial charge in [0.15, 0.2) is 5.78 Å². The Balaban J connectivity index is 1.33. The Labute approximate surface area is 279 Å². The molecule has 0 radical (unpaired) electrons. The molecule has 0 amide bonds. The van der Waals surface area contributed by atoms with Crippen molar-refractivity contribution < 1.29 is 40.6 Å². The normalized spacial score (nSPS) is 25.6. The molecule has 12 heteroatoms. The lowest BCUT2D eigenvalue weighted by Gasteiger charge is -2.50. The van der Waals surface area contributed by atoms with E-state index in [1.807, 2.05) is 11.9 Å². The van der Waals surface area contributed by atoms with E-state index in [2.05, 4.69) is 11.6 Å². The van der Waals surface area contributed by atoms with Crippen molar-refractivity contribution in [3.8, 4) is 0 Å². The largest absolute Gasteiger partial charge is 0.509 e. The van der Waals surface area contributed by atoms with E-state index in [1.165, 1.54) is 30.5 Å². The van der Waals surface area contributed by atoms with Crippen molar-refractivity contribution >= 4 is 11.5 Å². The number of hydrogen-bond donors (Lipinski definition) is 1. The minimum atomic E-state index is -4.75. The summed E-state index contributed by atoms with van der Waals surface area (Å²) in [6.45, 7) is 6.82. The van der Waals surface area contributed by atoms with E-state index in [4.69, 9.17) is 0 Å². The Morgan fingerprint density at radius 2 is 1.86 bits per heavy atom. The highest BCUT2D eigenvalue weighted by atomic mass is 19.4. The summed E-state index contributed by atoms with van der Waals surface area (Å²) in [4.78, 5) is 18.4. The second kappa shape index (κ2) is 12.9. The van der Waals surface area contributed by atoms with Crippen molar-refractivity contribution in [2.45, 2.75) is 76.3 Å². The zero-order valence-electron chi connectivity index (χ0n) is 26.8. The van der Waals surface area contributed by atoms with Gasteiger partial charge in [-0.05, 0) is 99.3 Å². The van der Waals surface area contributed by atoms with Crippen molar-refractivity contribution in [1.82, 2.24) is 10.0 Å². The Kier molecular flexibility index (Phi) is 9.15. The molecule has 0 bridgehead atoms. The second-order valence-corrected chi connectivity index (χ2v) is 13.3. The van der Waals surface area contributed by atoms with Crippen LogP contribution in [0.5, 0.6) is 0 Å². The van der Waals surface area contributed by atoms with Gasteiger partial charge in [-0.1, -0.05) is 30.9 Å². The standard InChI is InChI=1S/C37H36F7N3O2/c1-22-32(34(49)35(2)14-6-16-47(35)46(22)21-23-7-5-9-28(38)17-23)33(48)29-13-11-24(29)18-25-10-12-27(37(42,43)44)19-30(25)31-20-26(36(39,40)41)8-3-4-15-45-31/h4-5,7,9-10,12,15,17,19-20,24,29,49H,1,3,6,8,11,13-14,16,18,21H2,2H3/b15-4-,26-20?,45-31?. The zero-order chi connectivity index (χ0) is 35.3. The summed E-state index contributed by atoms with van der Waals surface area (Å²) in [5.74, 6) is -1.84. The highest BCUT2D eigenvalue weighted by Crippen LogP contribution is 2.48. The van der Waals surface area contributed by atoms with Gasteiger partial charge in [-0.3, -0.25) is 9.79 Å². The summed E-state index contributed by atoms with van der Waals surface area (Å²) in [5.41, 5.74) is -1.81. The van der Waals surface area contributed by atoms with Crippen LogP contribution in [0.4, 0.5) is 30.7 Å². The van der Waals surface area contributed by atoms with Gasteiger partial charge in [-0.25, -0.2) is 9.40 Å². The molecule has 2 fully saturated rings. The average Bonchev–Trinajstić information content (AvgIpc) is 3.39. The number of aliphatic hydroxyl groups is 1. The van der Waals surface area contributed by atoms with Crippen LogP contribution >= 0.6 is 0 Å². The molecule has 49 heavy (non-hydrogen) atoms.